The Labute approximate surface area is 135 Å². The van der Waals surface area contributed by atoms with Gasteiger partial charge in [0.1, 0.15) is 5.82 Å². The highest BCUT2D eigenvalue weighted by Gasteiger charge is 2.21. The Kier molecular flexibility index (Phi) is 4.60. The summed E-state index contributed by atoms with van der Waals surface area (Å²) in [5, 5.41) is 6.05. The highest BCUT2D eigenvalue weighted by atomic mass is 19.1. The first-order valence-electron chi connectivity index (χ1n) is 8.00. The van der Waals surface area contributed by atoms with Crippen LogP contribution in [0.2, 0.25) is 0 Å². The molecule has 2 N–H and O–H groups in total. The van der Waals surface area contributed by atoms with Crippen molar-refractivity contribution in [2.24, 2.45) is 0 Å². The van der Waals surface area contributed by atoms with Crippen LogP contribution in [0.1, 0.15) is 35.6 Å². The fraction of sp³-hybridized carbons (Fsp3) is 0.316. The van der Waals surface area contributed by atoms with Crippen molar-refractivity contribution in [3.8, 4) is 0 Å². The van der Waals surface area contributed by atoms with E-state index in [1.807, 2.05) is 12.1 Å². The second kappa shape index (κ2) is 6.82. The fourth-order valence-corrected chi connectivity index (χ4v) is 3.03. The molecule has 2 aromatic carbocycles. The minimum absolute atomic E-state index is 0.0732. The van der Waals surface area contributed by atoms with Gasteiger partial charge in [-0.05, 0) is 55.0 Å². The van der Waals surface area contributed by atoms with Gasteiger partial charge in [0.25, 0.3) is 0 Å². The van der Waals surface area contributed by atoms with Crippen molar-refractivity contribution >= 4 is 11.6 Å². The van der Waals surface area contributed by atoms with Gasteiger partial charge in [0, 0.05) is 5.69 Å². The van der Waals surface area contributed by atoms with Gasteiger partial charge in [-0.15, -0.1) is 0 Å². The van der Waals surface area contributed by atoms with Crippen LogP contribution in [0.25, 0.3) is 0 Å². The van der Waals surface area contributed by atoms with Gasteiger partial charge in [-0.1, -0.05) is 30.3 Å². The molecule has 0 saturated carbocycles. The Morgan fingerprint density at radius 3 is 2.91 bits per heavy atom. The molecule has 120 valence electrons. The maximum atomic E-state index is 13.5. The zero-order chi connectivity index (χ0) is 16.2. The van der Waals surface area contributed by atoms with Gasteiger partial charge in [-0.3, -0.25) is 4.79 Å². The minimum Gasteiger partial charge on any atom is -0.376 e. The summed E-state index contributed by atoms with van der Waals surface area (Å²) in [5.74, 6) is -0.343. The number of hydrogen-bond donors (Lipinski definition) is 2. The topological polar surface area (TPSA) is 41.1 Å². The number of carbonyl (C=O) groups excluding carboxylic acids is 1. The number of aryl methyl sites for hydroxylation is 2. The van der Waals surface area contributed by atoms with Crippen LogP contribution in [-0.4, -0.2) is 12.5 Å². The van der Waals surface area contributed by atoms with E-state index >= 15 is 0 Å². The third kappa shape index (κ3) is 3.70. The Balaban J connectivity index is 1.59. The lowest BCUT2D eigenvalue weighted by Gasteiger charge is -2.26. The van der Waals surface area contributed by atoms with E-state index < -0.39 is 0 Å². The second-order valence-corrected chi connectivity index (χ2v) is 6.03. The number of amides is 1. The standard InChI is InChI=1S/C19H21FN2O/c1-13-9-10-15(11-17(13)20)21-12-19(23)22-18-8-4-6-14-5-2-3-7-16(14)18/h2-3,5,7,9-11,18,21H,4,6,8,12H2,1H3,(H,22,23). The van der Waals surface area contributed by atoms with Gasteiger partial charge in [0.15, 0.2) is 0 Å². The zero-order valence-corrected chi connectivity index (χ0v) is 13.2. The van der Waals surface area contributed by atoms with Crippen molar-refractivity contribution in [1.29, 1.82) is 0 Å². The van der Waals surface area contributed by atoms with Crippen molar-refractivity contribution < 1.29 is 9.18 Å². The van der Waals surface area contributed by atoms with E-state index in [9.17, 15) is 9.18 Å². The van der Waals surface area contributed by atoms with Gasteiger partial charge in [-0.2, -0.15) is 0 Å². The van der Waals surface area contributed by atoms with Crippen LogP contribution < -0.4 is 10.6 Å². The molecule has 1 atom stereocenters. The average Bonchev–Trinajstić information content (AvgIpc) is 2.56. The maximum Gasteiger partial charge on any atom is 0.239 e. The number of hydrogen-bond acceptors (Lipinski definition) is 2. The number of nitrogens with one attached hydrogen (secondary N) is 2. The molecule has 0 saturated heterocycles. The number of rotatable bonds is 4. The van der Waals surface area contributed by atoms with Gasteiger partial charge >= 0.3 is 0 Å². The third-order valence-corrected chi connectivity index (χ3v) is 4.33. The summed E-state index contributed by atoms with van der Waals surface area (Å²) in [5.41, 5.74) is 3.75. The van der Waals surface area contributed by atoms with Crippen molar-refractivity contribution in [3.05, 3.63) is 65.0 Å². The molecule has 2 aromatic rings. The quantitative estimate of drug-likeness (QED) is 0.903. The summed E-state index contributed by atoms with van der Waals surface area (Å²) in [6, 6.07) is 13.2. The molecule has 0 heterocycles. The van der Waals surface area contributed by atoms with E-state index in [1.54, 1.807) is 19.1 Å². The SMILES string of the molecule is Cc1ccc(NCC(=O)NC2CCCc3ccccc32)cc1F. The van der Waals surface area contributed by atoms with Crippen molar-refractivity contribution in [3.63, 3.8) is 0 Å². The monoisotopic (exact) mass is 312 g/mol. The minimum atomic E-state index is -0.267. The molecule has 1 aliphatic carbocycles. The lowest BCUT2D eigenvalue weighted by Crippen LogP contribution is -2.35. The normalized spacial score (nSPS) is 16.5. The van der Waals surface area contributed by atoms with Crippen LogP contribution >= 0.6 is 0 Å². The maximum absolute atomic E-state index is 13.5. The van der Waals surface area contributed by atoms with E-state index in [2.05, 4.69) is 22.8 Å². The van der Waals surface area contributed by atoms with Crippen LogP contribution in [0.3, 0.4) is 0 Å². The Hall–Kier alpha value is -2.36. The molecule has 0 bridgehead atoms. The first-order chi connectivity index (χ1) is 11.1. The van der Waals surface area contributed by atoms with Gasteiger partial charge in [0.2, 0.25) is 5.91 Å². The van der Waals surface area contributed by atoms with Crippen molar-refractivity contribution in [2.45, 2.75) is 32.2 Å². The number of benzene rings is 2. The molecular formula is C19H21FN2O. The predicted molar refractivity (Wildman–Crippen MR) is 89.9 cm³/mol. The molecule has 0 aliphatic heterocycles. The summed E-state index contributed by atoms with van der Waals surface area (Å²) in [6.07, 6.45) is 3.11. The van der Waals surface area contributed by atoms with Crippen LogP contribution in [0, 0.1) is 12.7 Å². The van der Waals surface area contributed by atoms with Crippen LogP contribution in [-0.2, 0) is 11.2 Å². The Bertz CT molecular complexity index is 714. The smallest absolute Gasteiger partial charge is 0.239 e. The number of halogens is 1. The predicted octanol–water partition coefficient (Wildman–Crippen LogP) is 3.74. The van der Waals surface area contributed by atoms with Gasteiger partial charge in [-0.25, -0.2) is 4.39 Å². The first-order valence-corrected chi connectivity index (χ1v) is 8.00. The molecule has 0 spiro atoms. The largest absolute Gasteiger partial charge is 0.376 e. The molecule has 1 unspecified atom stereocenters. The average molecular weight is 312 g/mol. The summed E-state index contributed by atoms with van der Waals surface area (Å²) >= 11 is 0. The number of fused-ring (bicyclic) bond motifs is 1. The second-order valence-electron chi connectivity index (χ2n) is 6.03. The van der Waals surface area contributed by atoms with E-state index in [1.165, 1.54) is 17.2 Å². The summed E-state index contributed by atoms with van der Waals surface area (Å²) in [7, 11) is 0. The molecule has 0 aromatic heterocycles. The van der Waals surface area contributed by atoms with Crippen molar-refractivity contribution in [1.82, 2.24) is 5.32 Å². The lowest BCUT2D eigenvalue weighted by atomic mass is 9.88. The Morgan fingerprint density at radius 2 is 2.09 bits per heavy atom. The summed E-state index contributed by atoms with van der Waals surface area (Å²) in [4.78, 5) is 12.2. The molecule has 1 aliphatic rings. The fourth-order valence-electron chi connectivity index (χ4n) is 3.03. The van der Waals surface area contributed by atoms with E-state index in [0.717, 1.165) is 19.3 Å². The highest BCUT2D eigenvalue weighted by Crippen LogP contribution is 2.29. The van der Waals surface area contributed by atoms with Gasteiger partial charge < -0.3 is 10.6 Å². The number of anilines is 1. The molecular weight excluding hydrogens is 291 g/mol. The Morgan fingerprint density at radius 1 is 1.26 bits per heavy atom. The molecule has 3 rings (SSSR count). The highest BCUT2D eigenvalue weighted by molar-refractivity contribution is 5.81. The molecule has 1 amide bonds. The zero-order valence-electron chi connectivity index (χ0n) is 13.2. The van der Waals surface area contributed by atoms with E-state index in [4.69, 9.17) is 0 Å². The molecule has 4 heteroatoms. The molecule has 0 radical (unpaired) electrons. The van der Waals surface area contributed by atoms with Crippen molar-refractivity contribution in [2.75, 3.05) is 11.9 Å². The number of carbonyl (C=O) groups is 1. The first kappa shape index (κ1) is 15.5. The summed E-state index contributed by atoms with van der Waals surface area (Å²) < 4.78 is 13.5. The molecule has 23 heavy (non-hydrogen) atoms. The molecule has 3 nitrogen and oxygen atoms in total. The van der Waals surface area contributed by atoms with E-state index in [0.29, 0.717) is 11.3 Å². The molecule has 0 fully saturated rings. The van der Waals surface area contributed by atoms with E-state index in [-0.39, 0.29) is 24.3 Å². The van der Waals surface area contributed by atoms with Crippen LogP contribution in [0.5, 0.6) is 0 Å². The lowest BCUT2D eigenvalue weighted by molar-refractivity contribution is -0.120. The summed E-state index contributed by atoms with van der Waals surface area (Å²) in [6.45, 7) is 1.85. The van der Waals surface area contributed by atoms with Crippen LogP contribution in [0.4, 0.5) is 10.1 Å². The van der Waals surface area contributed by atoms with Crippen LogP contribution in [0.15, 0.2) is 42.5 Å². The van der Waals surface area contributed by atoms with Gasteiger partial charge in [0.05, 0.1) is 12.6 Å². The third-order valence-electron chi connectivity index (χ3n) is 4.33.